The molecule has 0 unspecified atom stereocenters. The number of halogens is 4. The summed E-state index contributed by atoms with van der Waals surface area (Å²) in [4.78, 5) is 0. The maximum Gasteiger partial charge on any atom is 0.492 e. The van der Waals surface area contributed by atoms with Crippen molar-refractivity contribution in [3.8, 4) is 5.75 Å². The van der Waals surface area contributed by atoms with Gasteiger partial charge in [0.25, 0.3) is 0 Å². The molecule has 0 bridgehead atoms. The van der Waals surface area contributed by atoms with Gasteiger partial charge in [-0.05, 0) is 18.2 Å². The quantitative estimate of drug-likeness (QED) is 0.351. The predicted octanol–water partition coefficient (Wildman–Crippen LogP) is 0.421. The Bertz CT molecular complexity index is 397. The van der Waals surface area contributed by atoms with Gasteiger partial charge in [-0.25, -0.2) is 4.39 Å². The van der Waals surface area contributed by atoms with Crippen molar-refractivity contribution < 1.29 is 37.1 Å². The van der Waals surface area contributed by atoms with Crippen molar-refractivity contribution in [3.63, 3.8) is 0 Å². The molecule has 18 heavy (non-hydrogen) atoms. The zero-order valence-corrected chi connectivity index (χ0v) is 8.95. The van der Waals surface area contributed by atoms with Gasteiger partial charge in [0, 0.05) is 5.46 Å². The third kappa shape index (κ3) is 4.90. The molecular formula is C9H9BF4O4. The van der Waals surface area contributed by atoms with Crippen LogP contribution >= 0.6 is 0 Å². The molecule has 1 rings (SSSR count). The van der Waals surface area contributed by atoms with Crippen molar-refractivity contribution in [2.24, 2.45) is 0 Å². The molecule has 0 atom stereocenters. The van der Waals surface area contributed by atoms with E-state index in [0.717, 1.165) is 18.2 Å². The van der Waals surface area contributed by atoms with Crippen LogP contribution in [0.1, 0.15) is 0 Å². The van der Waals surface area contributed by atoms with Crippen LogP contribution in [-0.4, -0.2) is 36.7 Å². The largest absolute Gasteiger partial charge is 0.492 e. The SMILES string of the molecule is OB(O)c1cc(F)ccc1OCOCC(F)(F)F. The van der Waals surface area contributed by atoms with Gasteiger partial charge in [0.1, 0.15) is 18.2 Å². The average Bonchev–Trinajstić information content (AvgIpc) is 2.24. The van der Waals surface area contributed by atoms with Gasteiger partial charge in [0.2, 0.25) is 0 Å². The molecule has 0 aromatic heterocycles. The maximum atomic E-state index is 12.8. The van der Waals surface area contributed by atoms with Gasteiger partial charge in [-0.2, -0.15) is 13.2 Å². The lowest BCUT2D eigenvalue weighted by Gasteiger charge is -2.12. The van der Waals surface area contributed by atoms with E-state index in [1.165, 1.54) is 0 Å². The van der Waals surface area contributed by atoms with E-state index in [0.29, 0.717) is 0 Å². The number of benzene rings is 1. The van der Waals surface area contributed by atoms with Crippen molar-refractivity contribution in [3.05, 3.63) is 24.0 Å². The van der Waals surface area contributed by atoms with Crippen LogP contribution in [-0.2, 0) is 4.74 Å². The molecule has 0 radical (unpaired) electrons. The number of ether oxygens (including phenoxy) is 2. The van der Waals surface area contributed by atoms with Crippen LogP contribution in [0.15, 0.2) is 18.2 Å². The minimum absolute atomic E-state index is 0.173. The molecule has 0 fully saturated rings. The smallest absolute Gasteiger partial charge is 0.468 e. The number of rotatable bonds is 5. The second-order valence-corrected chi connectivity index (χ2v) is 3.28. The van der Waals surface area contributed by atoms with Gasteiger partial charge in [0.15, 0.2) is 6.79 Å². The molecule has 2 N–H and O–H groups in total. The Hall–Kier alpha value is -1.32. The highest BCUT2D eigenvalue weighted by molar-refractivity contribution is 6.59. The van der Waals surface area contributed by atoms with E-state index in [1.807, 2.05) is 0 Å². The van der Waals surface area contributed by atoms with Crippen LogP contribution in [0.3, 0.4) is 0 Å². The lowest BCUT2D eigenvalue weighted by atomic mass is 9.79. The first kappa shape index (κ1) is 14.7. The highest BCUT2D eigenvalue weighted by Gasteiger charge is 2.27. The first-order chi connectivity index (χ1) is 8.29. The Labute approximate surface area is 99.9 Å². The summed E-state index contributed by atoms with van der Waals surface area (Å²) >= 11 is 0. The molecule has 0 saturated carbocycles. The van der Waals surface area contributed by atoms with Crippen LogP contribution in [0, 0.1) is 5.82 Å². The summed E-state index contributed by atoms with van der Waals surface area (Å²) in [6, 6.07) is 2.82. The van der Waals surface area contributed by atoms with Crippen molar-refractivity contribution in [1.82, 2.24) is 0 Å². The fourth-order valence-electron chi connectivity index (χ4n) is 1.12. The van der Waals surface area contributed by atoms with Crippen molar-refractivity contribution in [2.45, 2.75) is 6.18 Å². The van der Waals surface area contributed by atoms with Crippen LogP contribution < -0.4 is 10.2 Å². The fraction of sp³-hybridized carbons (Fsp3) is 0.333. The van der Waals surface area contributed by atoms with E-state index in [9.17, 15) is 17.6 Å². The van der Waals surface area contributed by atoms with Crippen molar-refractivity contribution in [2.75, 3.05) is 13.4 Å². The van der Waals surface area contributed by atoms with E-state index < -0.39 is 32.5 Å². The van der Waals surface area contributed by atoms with Gasteiger partial charge in [-0.3, -0.25) is 0 Å². The molecule has 9 heteroatoms. The van der Waals surface area contributed by atoms with Crippen molar-refractivity contribution in [1.29, 1.82) is 0 Å². The predicted molar refractivity (Wildman–Crippen MR) is 53.7 cm³/mol. The topological polar surface area (TPSA) is 58.9 Å². The third-order valence-electron chi connectivity index (χ3n) is 1.81. The average molecular weight is 268 g/mol. The normalized spacial score (nSPS) is 11.4. The standard InChI is InChI=1S/C9H9BF4O4/c11-6-1-2-8(7(3-6)10(15)16)18-5-17-4-9(12,13)14/h1-3,15-16H,4-5H2. The second kappa shape index (κ2) is 6.03. The zero-order chi connectivity index (χ0) is 13.8. The monoisotopic (exact) mass is 268 g/mol. The highest BCUT2D eigenvalue weighted by Crippen LogP contribution is 2.15. The minimum atomic E-state index is -4.48. The molecule has 1 aromatic rings. The molecular weight excluding hydrogens is 259 g/mol. The van der Waals surface area contributed by atoms with Gasteiger partial charge < -0.3 is 19.5 Å². The van der Waals surface area contributed by atoms with Crippen molar-refractivity contribution >= 4 is 12.6 Å². The Kier molecular flexibility index (Phi) is 4.94. The lowest BCUT2D eigenvalue weighted by molar-refractivity contribution is -0.186. The van der Waals surface area contributed by atoms with Crippen LogP contribution in [0.4, 0.5) is 17.6 Å². The van der Waals surface area contributed by atoms with Gasteiger partial charge in [-0.1, -0.05) is 0 Å². The molecule has 100 valence electrons. The van der Waals surface area contributed by atoms with E-state index >= 15 is 0 Å². The molecule has 4 nitrogen and oxygen atoms in total. The Morgan fingerprint density at radius 1 is 1.22 bits per heavy atom. The summed E-state index contributed by atoms with van der Waals surface area (Å²) in [5, 5.41) is 17.8. The van der Waals surface area contributed by atoms with E-state index in [4.69, 9.17) is 14.8 Å². The summed E-state index contributed by atoms with van der Waals surface area (Å²) in [6.45, 7) is -2.24. The summed E-state index contributed by atoms with van der Waals surface area (Å²) in [5.74, 6) is -0.907. The molecule has 0 aliphatic heterocycles. The fourth-order valence-corrected chi connectivity index (χ4v) is 1.12. The summed E-state index contributed by atoms with van der Waals surface area (Å²) in [5.41, 5.74) is -0.300. The number of alkyl halides is 3. The summed E-state index contributed by atoms with van der Waals surface area (Å²) in [7, 11) is -2.00. The second-order valence-electron chi connectivity index (χ2n) is 3.28. The van der Waals surface area contributed by atoms with E-state index in [2.05, 4.69) is 4.74 Å². The molecule has 0 aliphatic carbocycles. The molecule has 0 spiro atoms. The number of hydrogen-bond donors (Lipinski definition) is 2. The number of hydrogen-bond acceptors (Lipinski definition) is 4. The molecule has 0 aliphatic rings. The highest BCUT2D eigenvalue weighted by atomic mass is 19.4. The Balaban J connectivity index is 2.57. The Morgan fingerprint density at radius 3 is 2.44 bits per heavy atom. The zero-order valence-electron chi connectivity index (χ0n) is 8.95. The molecule has 0 saturated heterocycles. The van der Waals surface area contributed by atoms with Gasteiger partial charge in [-0.15, -0.1) is 0 Å². The Morgan fingerprint density at radius 2 is 1.89 bits per heavy atom. The first-order valence-corrected chi connectivity index (χ1v) is 4.72. The third-order valence-corrected chi connectivity index (χ3v) is 1.81. The van der Waals surface area contributed by atoms with Crippen LogP contribution in [0.25, 0.3) is 0 Å². The molecule has 0 heterocycles. The first-order valence-electron chi connectivity index (χ1n) is 4.72. The van der Waals surface area contributed by atoms with E-state index in [-0.39, 0.29) is 11.2 Å². The lowest BCUT2D eigenvalue weighted by Crippen LogP contribution is -2.32. The van der Waals surface area contributed by atoms with Crippen LogP contribution in [0.5, 0.6) is 5.75 Å². The van der Waals surface area contributed by atoms with Gasteiger partial charge >= 0.3 is 13.3 Å². The van der Waals surface area contributed by atoms with Crippen LogP contribution in [0.2, 0.25) is 0 Å². The van der Waals surface area contributed by atoms with Gasteiger partial charge in [0.05, 0.1) is 0 Å². The maximum absolute atomic E-state index is 12.8. The molecule has 1 aromatic carbocycles. The van der Waals surface area contributed by atoms with E-state index in [1.54, 1.807) is 0 Å². The molecule has 0 amide bonds. The summed E-state index contributed by atoms with van der Waals surface area (Å²) in [6.07, 6.45) is -4.48. The minimum Gasteiger partial charge on any atom is -0.468 e. The summed E-state index contributed by atoms with van der Waals surface area (Å²) < 4.78 is 56.9.